The number of aromatic nitrogens is 2. The molecule has 2 unspecified atom stereocenters. The smallest absolute Gasteiger partial charge is 0.306 e. The second kappa shape index (κ2) is 12.1. The van der Waals surface area contributed by atoms with Gasteiger partial charge in [-0.2, -0.15) is 4.98 Å². The highest BCUT2D eigenvalue weighted by atomic mass is 16.6. The maximum absolute atomic E-state index is 13.1. The first-order valence-corrected chi connectivity index (χ1v) is 14.7. The highest BCUT2D eigenvalue weighted by molar-refractivity contribution is 5.97. The molecule has 208 valence electrons. The maximum Gasteiger partial charge on any atom is 0.306 e. The molecule has 0 spiro atoms. The third kappa shape index (κ3) is 6.19. The molecule has 0 radical (unpaired) electrons. The number of hydrogen-bond donors (Lipinski definition) is 1. The Kier molecular flexibility index (Phi) is 8.61. The number of nitrogens with two attached hydrogens (primary N) is 1. The molecule has 38 heavy (non-hydrogen) atoms. The molecule has 1 amide bonds. The predicted octanol–water partition coefficient (Wildman–Crippen LogP) is 5.10. The lowest BCUT2D eigenvalue weighted by atomic mass is 9.86. The summed E-state index contributed by atoms with van der Waals surface area (Å²) in [6.45, 7) is 2.42. The fraction of sp³-hybridized carbons (Fsp3) is 0.759. The first-order valence-electron chi connectivity index (χ1n) is 14.7. The third-order valence-corrected chi connectivity index (χ3v) is 8.98. The molecule has 2 saturated carbocycles. The summed E-state index contributed by atoms with van der Waals surface area (Å²) in [4.78, 5) is 40.7. The zero-order valence-corrected chi connectivity index (χ0v) is 22.9. The largest absolute Gasteiger partial charge is 0.463 e. The molecule has 2 N–H and O–H groups in total. The second-order valence-corrected chi connectivity index (χ2v) is 11.9. The van der Waals surface area contributed by atoms with Crippen molar-refractivity contribution >= 4 is 35.5 Å². The molecule has 0 aromatic carbocycles. The van der Waals surface area contributed by atoms with E-state index in [1.54, 1.807) is 11.9 Å². The fourth-order valence-corrected chi connectivity index (χ4v) is 6.81. The summed E-state index contributed by atoms with van der Waals surface area (Å²) in [5, 5.41) is 0. The van der Waals surface area contributed by atoms with Crippen LogP contribution in [0.2, 0.25) is 0 Å². The number of hydrogen-bond acceptors (Lipinski definition) is 8. The quantitative estimate of drug-likeness (QED) is 0.469. The van der Waals surface area contributed by atoms with E-state index in [1.165, 1.54) is 38.5 Å². The van der Waals surface area contributed by atoms with Crippen LogP contribution in [0.3, 0.4) is 0 Å². The van der Waals surface area contributed by atoms with E-state index in [4.69, 9.17) is 15.2 Å². The second-order valence-electron chi connectivity index (χ2n) is 11.9. The van der Waals surface area contributed by atoms with Crippen molar-refractivity contribution in [3.05, 3.63) is 5.69 Å². The minimum absolute atomic E-state index is 0.0384. The fourth-order valence-electron chi connectivity index (χ4n) is 6.81. The van der Waals surface area contributed by atoms with Crippen molar-refractivity contribution in [3.8, 4) is 0 Å². The molecule has 9 heteroatoms. The first-order chi connectivity index (χ1) is 18.4. The summed E-state index contributed by atoms with van der Waals surface area (Å²) in [7, 11) is 1.75. The molecule has 1 aromatic rings. The Balaban J connectivity index is 1.20. The van der Waals surface area contributed by atoms with Crippen LogP contribution < -0.4 is 10.6 Å². The van der Waals surface area contributed by atoms with Gasteiger partial charge in [-0.05, 0) is 49.9 Å². The zero-order chi connectivity index (χ0) is 26.6. The van der Waals surface area contributed by atoms with Gasteiger partial charge in [-0.15, -0.1) is 0 Å². The van der Waals surface area contributed by atoms with Crippen LogP contribution in [0.4, 0.5) is 17.5 Å². The number of fused-ring (bicyclic) bond motifs is 1. The van der Waals surface area contributed by atoms with Crippen molar-refractivity contribution in [3.63, 3.8) is 0 Å². The van der Waals surface area contributed by atoms with Crippen molar-refractivity contribution in [2.24, 2.45) is 22.7 Å². The molecule has 2 aliphatic carbocycles. The van der Waals surface area contributed by atoms with Gasteiger partial charge in [0.2, 0.25) is 11.9 Å². The van der Waals surface area contributed by atoms with Gasteiger partial charge in [0.15, 0.2) is 5.82 Å². The van der Waals surface area contributed by atoms with E-state index in [0.717, 1.165) is 32.1 Å². The summed E-state index contributed by atoms with van der Waals surface area (Å²) in [6.07, 6.45) is 15.2. The summed E-state index contributed by atoms with van der Waals surface area (Å²) in [6, 6.07) is 0. The Morgan fingerprint density at radius 1 is 1.03 bits per heavy atom. The highest BCUT2D eigenvalue weighted by Gasteiger charge is 2.42. The summed E-state index contributed by atoms with van der Waals surface area (Å²) in [5.74, 6) is 1.45. The molecule has 5 rings (SSSR count). The molecule has 0 bridgehead atoms. The van der Waals surface area contributed by atoms with E-state index in [2.05, 4.69) is 21.9 Å². The number of amides is 1. The van der Waals surface area contributed by atoms with Gasteiger partial charge in [0.25, 0.3) is 0 Å². The van der Waals surface area contributed by atoms with Crippen molar-refractivity contribution < 1.29 is 19.1 Å². The van der Waals surface area contributed by atoms with E-state index < -0.39 is 0 Å². The van der Waals surface area contributed by atoms with Crippen molar-refractivity contribution in [1.82, 2.24) is 9.97 Å². The summed E-state index contributed by atoms with van der Waals surface area (Å²) < 4.78 is 12.0. The molecule has 3 fully saturated rings. The maximum atomic E-state index is 13.1. The van der Waals surface area contributed by atoms with Crippen molar-refractivity contribution in [1.29, 1.82) is 0 Å². The Morgan fingerprint density at radius 3 is 2.37 bits per heavy atom. The SMILES string of the molecule is C[C@H]1C[C@@H](COC(=O)CC2CCCCC2)OC1C1C=Nc2c1nc(N)nc2N(C)C(=O)CC1CCCCC1. The van der Waals surface area contributed by atoms with Gasteiger partial charge in [-0.3, -0.25) is 19.5 Å². The van der Waals surface area contributed by atoms with Crippen LogP contribution in [0.5, 0.6) is 0 Å². The number of esters is 1. The number of anilines is 2. The zero-order valence-electron chi connectivity index (χ0n) is 22.9. The van der Waals surface area contributed by atoms with E-state index in [1.807, 2.05) is 6.21 Å². The molecular formula is C29H43N5O4. The number of carbonyl (C=O) groups is 2. The standard InChI is InChI=1S/C29H43N5O4/c1-18-13-21(17-37-24(36)15-20-11-7-4-8-12-20)38-27(18)22-16-31-26-25(22)32-29(30)33-28(26)34(2)23(35)14-19-9-5-3-6-10-19/h16,18-22,27H,3-15,17H2,1-2H3,(H2,30,32,33)/t18-,21-,22?,27?/m0/s1. The molecular weight excluding hydrogens is 482 g/mol. The molecule has 4 atom stereocenters. The van der Waals surface area contributed by atoms with Gasteiger partial charge in [0, 0.05) is 26.1 Å². The third-order valence-electron chi connectivity index (χ3n) is 8.98. The average Bonchev–Trinajstić information content (AvgIpc) is 3.50. The van der Waals surface area contributed by atoms with E-state index >= 15 is 0 Å². The van der Waals surface area contributed by atoms with Crippen LogP contribution in [0, 0.1) is 17.8 Å². The predicted molar refractivity (Wildman–Crippen MR) is 147 cm³/mol. The number of ether oxygens (including phenoxy) is 2. The lowest BCUT2D eigenvalue weighted by Gasteiger charge is -2.25. The Bertz CT molecular complexity index is 1030. The average molecular weight is 526 g/mol. The first kappa shape index (κ1) is 27.0. The van der Waals surface area contributed by atoms with Crippen LogP contribution >= 0.6 is 0 Å². The molecule has 1 aromatic heterocycles. The van der Waals surface area contributed by atoms with Crippen molar-refractivity contribution in [2.45, 2.75) is 109 Å². The minimum Gasteiger partial charge on any atom is -0.463 e. The lowest BCUT2D eigenvalue weighted by molar-refractivity contribution is -0.149. The minimum atomic E-state index is -0.186. The van der Waals surface area contributed by atoms with Gasteiger partial charge in [0.05, 0.1) is 23.8 Å². The number of aliphatic imine (C=N–C) groups is 1. The molecule has 3 heterocycles. The van der Waals surface area contributed by atoms with Crippen LogP contribution in [-0.4, -0.2) is 53.9 Å². The highest BCUT2D eigenvalue weighted by Crippen LogP contribution is 2.44. The van der Waals surface area contributed by atoms with Crippen LogP contribution in [0.1, 0.15) is 102 Å². The number of carbonyl (C=O) groups excluding carboxylic acids is 2. The Hall–Kier alpha value is -2.55. The normalized spacial score (nSPS) is 27.8. The Morgan fingerprint density at radius 2 is 1.68 bits per heavy atom. The van der Waals surface area contributed by atoms with Gasteiger partial charge in [0.1, 0.15) is 12.3 Å². The van der Waals surface area contributed by atoms with Crippen LogP contribution in [0.15, 0.2) is 4.99 Å². The molecule has 9 nitrogen and oxygen atoms in total. The topological polar surface area (TPSA) is 120 Å². The molecule has 1 saturated heterocycles. The molecule has 4 aliphatic rings. The monoisotopic (exact) mass is 525 g/mol. The van der Waals surface area contributed by atoms with Crippen molar-refractivity contribution in [2.75, 3.05) is 24.3 Å². The van der Waals surface area contributed by atoms with Crippen LogP contribution in [0.25, 0.3) is 0 Å². The van der Waals surface area contributed by atoms with Gasteiger partial charge >= 0.3 is 5.97 Å². The van der Waals surface area contributed by atoms with Gasteiger partial charge in [-0.1, -0.05) is 45.4 Å². The van der Waals surface area contributed by atoms with E-state index in [-0.39, 0.29) is 48.5 Å². The van der Waals surface area contributed by atoms with E-state index in [9.17, 15) is 9.59 Å². The van der Waals surface area contributed by atoms with Gasteiger partial charge in [-0.25, -0.2) is 4.98 Å². The summed E-state index contributed by atoms with van der Waals surface area (Å²) >= 11 is 0. The number of rotatable bonds is 8. The van der Waals surface area contributed by atoms with E-state index in [0.29, 0.717) is 41.9 Å². The Labute approximate surface area is 226 Å². The number of nitrogen functional groups attached to an aromatic ring is 1. The molecule has 2 aliphatic heterocycles. The van der Waals surface area contributed by atoms with Crippen LogP contribution in [-0.2, 0) is 19.1 Å². The summed E-state index contributed by atoms with van der Waals surface area (Å²) in [5.41, 5.74) is 7.42. The number of nitrogens with zero attached hydrogens (tertiary/aromatic N) is 4. The van der Waals surface area contributed by atoms with Gasteiger partial charge < -0.3 is 15.2 Å². The lowest BCUT2D eigenvalue weighted by Crippen LogP contribution is -2.30.